The molecule has 0 amide bonds. The molecule has 0 saturated carbocycles. The van der Waals surface area contributed by atoms with Crippen molar-refractivity contribution in [2.24, 2.45) is 0 Å². The molecule has 0 fully saturated rings. The molecule has 1 aliphatic heterocycles. The van der Waals surface area contributed by atoms with Crippen molar-refractivity contribution < 1.29 is 0 Å². The lowest BCUT2D eigenvalue weighted by Gasteiger charge is -2.41. The van der Waals surface area contributed by atoms with Crippen molar-refractivity contribution in [1.29, 1.82) is 0 Å². The molecule has 206 valence electrons. The average Bonchev–Trinajstić information content (AvgIpc) is 3.45. The number of hydrogen-bond acceptors (Lipinski definition) is 2. The summed E-state index contributed by atoms with van der Waals surface area (Å²) in [4.78, 5) is 0. The van der Waals surface area contributed by atoms with Crippen molar-refractivity contribution in [3.8, 4) is 28.2 Å². The van der Waals surface area contributed by atoms with Crippen molar-refractivity contribution in [2.45, 2.75) is 5.41 Å². The highest BCUT2D eigenvalue weighted by Gasteiger charge is 2.45. The summed E-state index contributed by atoms with van der Waals surface area (Å²) in [5.41, 5.74) is 12.1. The lowest BCUT2D eigenvalue weighted by atomic mass is 9.63. The van der Waals surface area contributed by atoms with E-state index in [1.807, 2.05) is 24.3 Å². The van der Waals surface area contributed by atoms with E-state index in [0.29, 0.717) is 0 Å². The molecule has 3 nitrogen and oxygen atoms in total. The molecule has 1 unspecified atom stereocenters. The molecule has 0 aliphatic carbocycles. The zero-order valence-electron chi connectivity index (χ0n) is 23.9. The number of benzene rings is 6. The van der Waals surface area contributed by atoms with Gasteiger partial charge >= 0.3 is 0 Å². The van der Waals surface area contributed by atoms with Gasteiger partial charge in [0.25, 0.3) is 0 Å². The molecule has 1 aliphatic rings. The van der Waals surface area contributed by atoms with Gasteiger partial charge in [-0.1, -0.05) is 140 Å². The predicted octanol–water partition coefficient (Wildman–Crippen LogP) is 9.60. The molecule has 0 spiro atoms. The van der Waals surface area contributed by atoms with Crippen molar-refractivity contribution in [1.82, 2.24) is 14.8 Å². The van der Waals surface area contributed by atoms with Crippen LogP contribution in [0.5, 0.6) is 0 Å². The highest BCUT2D eigenvalue weighted by Crippen LogP contribution is 2.54. The molecule has 44 heavy (non-hydrogen) atoms. The van der Waals surface area contributed by atoms with E-state index in [0.717, 1.165) is 22.5 Å². The summed E-state index contributed by atoms with van der Waals surface area (Å²) in [6.07, 6.45) is 0. The third kappa shape index (κ3) is 3.44. The van der Waals surface area contributed by atoms with Crippen LogP contribution in [-0.2, 0) is 5.41 Å². The first kappa shape index (κ1) is 24.8. The largest absolute Gasteiger partial charge is 0.309 e. The maximum absolute atomic E-state index is 4.61. The highest BCUT2D eigenvalue weighted by molar-refractivity contribution is 6.12. The molecular weight excluding hydrogens is 534 g/mol. The maximum Gasteiger partial charge on any atom is 0.0930 e. The van der Waals surface area contributed by atoms with Crippen LogP contribution < -0.4 is 0 Å². The Hall–Kier alpha value is -5.80. The van der Waals surface area contributed by atoms with Crippen LogP contribution in [0.3, 0.4) is 0 Å². The summed E-state index contributed by atoms with van der Waals surface area (Å²) in [7, 11) is 0. The van der Waals surface area contributed by atoms with E-state index in [4.69, 9.17) is 0 Å². The SMILES string of the molecule is c1ccc(-c2ccc(-c3ccc(C4(c5ccccc5)c5ccccc5-n5c6ccccc6c6cccc4c65)cc3)nn2)cc1. The first-order valence-corrected chi connectivity index (χ1v) is 15.0. The molecule has 3 heteroatoms. The average molecular weight is 562 g/mol. The summed E-state index contributed by atoms with van der Waals surface area (Å²) in [6, 6.07) is 58.7. The molecule has 3 heterocycles. The number of fused-ring (bicyclic) bond motifs is 5. The molecule has 9 rings (SSSR count). The van der Waals surface area contributed by atoms with Gasteiger partial charge in [0.05, 0.1) is 33.5 Å². The maximum atomic E-state index is 4.61. The second kappa shape index (κ2) is 9.62. The first-order chi connectivity index (χ1) is 21.8. The van der Waals surface area contributed by atoms with E-state index < -0.39 is 5.41 Å². The van der Waals surface area contributed by atoms with Gasteiger partial charge in [0, 0.05) is 21.9 Å². The standard InChI is InChI=1S/C41H27N3/c1-3-12-28(13-4-1)36-26-27-37(43-42-36)29-22-24-31(25-23-29)41(30-14-5-2-6-15-30)34-18-8-10-21-39(34)44-38-20-9-7-16-32(38)33-17-11-19-35(41)40(33)44/h1-27H. The van der Waals surface area contributed by atoms with E-state index in [2.05, 4.69) is 154 Å². The van der Waals surface area contributed by atoms with E-state index in [9.17, 15) is 0 Å². The fourth-order valence-electron chi connectivity index (χ4n) is 7.32. The topological polar surface area (TPSA) is 30.7 Å². The van der Waals surface area contributed by atoms with Crippen LogP contribution in [0.15, 0.2) is 164 Å². The summed E-state index contributed by atoms with van der Waals surface area (Å²) < 4.78 is 2.47. The Morgan fingerprint density at radius 3 is 1.73 bits per heavy atom. The lowest BCUT2D eigenvalue weighted by Crippen LogP contribution is -2.35. The minimum absolute atomic E-state index is 0.511. The van der Waals surface area contributed by atoms with Crippen LogP contribution in [0.25, 0.3) is 50.0 Å². The molecule has 6 aromatic carbocycles. The van der Waals surface area contributed by atoms with Crippen LogP contribution in [-0.4, -0.2) is 14.8 Å². The van der Waals surface area contributed by atoms with Crippen LogP contribution >= 0.6 is 0 Å². The third-order valence-electron chi connectivity index (χ3n) is 9.20. The van der Waals surface area contributed by atoms with Gasteiger partial charge in [0.15, 0.2) is 0 Å². The number of aromatic nitrogens is 3. The smallest absolute Gasteiger partial charge is 0.0930 e. The number of hydrogen-bond donors (Lipinski definition) is 0. The van der Waals surface area contributed by atoms with Crippen molar-refractivity contribution in [3.05, 3.63) is 186 Å². The highest BCUT2D eigenvalue weighted by atomic mass is 15.1. The van der Waals surface area contributed by atoms with Gasteiger partial charge in [0.2, 0.25) is 0 Å². The van der Waals surface area contributed by atoms with Crippen LogP contribution in [0.4, 0.5) is 0 Å². The van der Waals surface area contributed by atoms with Crippen molar-refractivity contribution in [2.75, 3.05) is 0 Å². The van der Waals surface area contributed by atoms with Gasteiger partial charge in [-0.05, 0) is 46.5 Å². The fourth-order valence-corrected chi connectivity index (χ4v) is 7.32. The Bertz CT molecular complexity index is 2300. The molecule has 0 N–H and O–H groups in total. The normalized spacial score (nSPS) is 15.4. The molecule has 1 atom stereocenters. The van der Waals surface area contributed by atoms with Gasteiger partial charge in [-0.2, -0.15) is 0 Å². The Labute approximate surface area is 255 Å². The number of nitrogens with zero attached hydrogens (tertiary/aromatic N) is 3. The zero-order valence-corrected chi connectivity index (χ0v) is 23.9. The van der Waals surface area contributed by atoms with E-state index in [1.54, 1.807) is 0 Å². The van der Waals surface area contributed by atoms with E-state index in [1.165, 1.54) is 49.7 Å². The molecule has 2 aromatic heterocycles. The molecule has 0 radical (unpaired) electrons. The lowest BCUT2D eigenvalue weighted by molar-refractivity contribution is 0.728. The van der Waals surface area contributed by atoms with Crippen LogP contribution in [0.1, 0.15) is 22.3 Å². The second-order valence-electron chi connectivity index (χ2n) is 11.4. The fraction of sp³-hybridized carbons (Fsp3) is 0.0244. The minimum atomic E-state index is -0.511. The summed E-state index contributed by atoms with van der Waals surface area (Å²) >= 11 is 0. The Morgan fingerprint density at radius 1 is 0.409 bits per heavy atom. The summed E-state index contributed by atoms with van der Waals surface area (Å²) in [5.74, 6) is 0. The molecule has 8 aromatic rings. The molecule has 0 bridgehead atoms. The van der Waals surface area contributed by atoms with Gasteiger partial charge in [0.1, 0.15) is 0 Å². The van der Waals surface area contributed by atoms with E-state index >= 15 is 0 Å². The Morgan fingerprint density at radius 2 is 0.977 bits per heavy atom. The van der Waals surface area contributed by atoms with Gasteiger partial charge in [-0.25, -0.2) is 0 Å². The summed E-state index contributed by atoms with van der Waals surface area (Å²) in [5, 5.41) is 11.7. The number of para-hydroxylation sites is 3. The van der Waals surface area contributed by atoms with Crippen LogP contribution in [0, 0.1) is 0 Å². The van der Waals surface area contributed by atoms with Crippen LogP contribution in [0.2, 0.25) is 0 Å². The Balaban J connectivity index is 1.29. The first-order valence-electron chi connectivity index (χ1n) is 15.0. The monoisotopic (exact) mass is 561 g/mol. The quantitative estimate of drug-likeness (QED) is 0.214. The van der Waals surface area contributed by atoms with Gasteiger partial charge < -0.3 is 4.57 Å². The predicted molar refractivity (Wildman–Crippen MR) is 179 cm³/mol. The number of rotatable bonds is 4. The van der Waals surface area contributed by atoms with E-state index in [-0.39, 0.29) is 0 Å². The second-order valence-corrected chi connectivity index (χ2v) is 11.4. The zero-order chi connectivity index (χ0) is 29.1. The molecule has 0 saturated heterocycles. The Kier molecular flexibility index (Phi) is 5.41. The van der Waals surface area contributed by atoms with Gasteiger partial charge in [-0.3, -0.25) is 0 Å². The minimum Gasteiger partial charge on any atom is -0.309 e. The van der Waals surface area contributed by atoms with Gasteiger partial charge in [-0.15, -0.1) is 10.2 Å². The molecular formula is C41H27N3. The van der Waals surface area contributed by atoms with Crippen molar-refractivity contribution >= 4 is 21.8 Å². The third-order valence-corrected chi connectivity index (χ3v) is 9.20. The van der Waals surface area contributed by atoms with Crippen molar-refractivity contribution in [3.63, 3.8) is 0 Å². The summed E-state index contributed by atoms with van der Waals surface area (Å²) in [6.45, 7) is 0.